The highest BCUT2D eigenvalue weighted by atomic mass is 79.9. The maximum Gasteiger partial charge on any atom is 0.337 e. The molecule has 0 unspecified atom stereocenters. The van der Waals surface area contributed by atoms with Gasteiger partial charge in [0.15, 0.2) is 0 Å². The first-order chi connectivity index (χ1) is 8.00. The van der Waals surface area contributed by atoms with E-state index in [1.165, 1.54) is 0 Å². The average molecular weight is 294 g/mol. The molecule has 1 aromatic heterocycles. The third kappa shape index (κ3) is 2.13. The molecule has 4 heteroatoms. The van der Waals surface area contributed by atoms with Crippen molar-refractivity contribution >= 4 is 21.9 Å². The minimum Gasteiger partial charge on any atom is -0.478 e. The van der Waals surface area contributed by atoms with Gasteiger partial charge in [-0.3, -0.25) is 0 Å². The van der Waals surface area contributed by atoms with Gasteiger partial charge in [-0.05, 0) is 38.1 Å². The highest BCUT2D eigenvalue weighted by Gasteiger charge is 2.15. The number of carboxylic acids is 1. The van der Waals surface area contributed by atoms with Crippen LogP contribution in [0, 0.1) is 13.8 Å². The van der Waals surface area contributed by atoms with Crippen molar-refractivity contribution in [2.24, 2.45) is 0 Å². The van der Waals surface area contributed by atoms with Crippen molar-refractivity contribution in [2.75, 3.05) is 0 Å². The largest absolute Gasteiger partial charge is 0.478 e. The van der Waals surface area contributed by atoms with Gasteiger partial charge in [0, 0.05) is 21.5 Å². The molecule has 2 aromatic rings. The molecule has 0 atom stereocenters. The van der Waals surface area contributed by atoms with Gasteiger partial charge in [0.25, 0.3) is 0 Å². The fourth-order valence-corrected chi connectivity index (χ4v) is 2.38. The van der Waals surface area contributed by atoms with Gasteiger partial charge >= 0.3 is 5.97 Å². The zero-order valence-electron chi connectivity index (χ0n) is 9.57. The molecule has 3 nitrogen and oxygen atoms in total. The SMILES string of the molecule is Cc1cc(C(=O)O)c(C)n1-c1cccc(Br)c1. The first-order valence-corrected chi connectivity index (χ1v) is 5.98. The van der Waals surface area contributed by atoms with E-state index in [1.54, 1.807) is 6.07 Å². The van der Waals surface area contributed by atoms with Crippen molar-refractivity contribution in [3.05, 3.63) is 51.8 Å². The molecule has 88 valence electrons. The van der Waals surface area contributed by atoms with E-state index in [4.69, 9.17) is 5.11 Å². The lowest BCUT2D eigenvalue weighted by Crippen LogP contribution is -2.02. The molecule has 2 rings (SSSR count). The number of carbonyl (C=O) groups is 1. The highest BCUT2D eigenvalue weighted by Crippen LogP contribution is 2.23. The predicted octanol–water partition coefficient (Wildman–Crippen LogP) is 3.55. The standard InChI is InChI=1S/C13H12BrNO2/c1-8-6-12(13(16)17)9(2)15(8)11-5-3-4-10(14)7-11/h3-7H,1-2H3,(H,16,17). The highest BCUT2D eigenvalue weighted by molar-refractivity contribution is 9.10. The Labute approximate surface area is 108 Å². The van der Waals surface area contributed by atoms with Crippen LogP contribution in [-0.2, 0) is 0 Å². The topological polar surface area (TPSA) is 42.2 Å². The number of hydrogen-bond acceptors (Lipinski definition) is 1. The Morgan fingerprint density at radius 2 is 2.00 bits per heavy atom. The number of nitrogens with zero attached hydrogens (tertiary/aromatic N) is 1. The van der Waals surface area contributed by atoms with E-state index in [0.29, 0.717) is 5.56 Å². The van der Waals surface area contributed by atoms with Gasteiger partial charge in [0.2, 0.25) is 0 Å². The molecular weight excluding hydrogens is 282 g/mol. The molecule has 0 aliphatic carbocycles. The summed E-state index contributed by atoms with van der Waals surface area (Å²) in [4.78, 5) is 11.1. The maximum absolute atomic E-state index is 11.1. The van der Waals surface area contributed by atoms with Gasteiger partial charge < -0.3 is 9.67 Å². The Bertz CT molecular complexity index is 587. The summed E-state index contributed by atoms with van der Waals surface area (Å²) >= 11 is 3.41. The first kappa shape index (κ1) is 11.9. The predicted molar refractivity (Wildman–Crippen MR) is 69.9 cm³/mol. The Kier molecular flexibility index (Phi) is 3.07. The van der Waals surface area contributed by atoms with Crippen molar-refractivity contribution in [2.45, 2.75) is 13.8 Å². The minimum absolute atomic E-state index is 0.350. The van der Waals surface area contributed by atoms with E-state index >= 15 is 0 Å². The molecular formula is C13H12BrNO2. The molecule has 0 spiro atoms. The molecule has 0 fully saturated rings. The third-order valence-electron chi connectivity index (χ3n) is 2.73. The Hall–Kier alpha value is -1.55. The van der Waals surface area contributed by atoms with Crippen molar-refractivity contribution in [1.82, 2.24) is 4.57 Å². The monoisotopic (exact) mass is 293 g/mol. The summed E-state index contributed by atoms with van der Waals surface area (Å²) < 4.78 is 2.91. The van der Waals surface area contributed by atoms with Crippen LogP contribution < -0.4 is 0 Å². The van der Waals surface area contributed by atoms with Crippen molar-refractivity contribution in [3.63, 3.8) is 0 Å². The normalized spacial score (nSPS) is 10.5. The van der Waals surface area contributed by atoms with Gasteiger partial charge in [0.1, 0.15) is 0 Å². The van der Waals surface area contributed by atoms with Gasteiger partial charge in [-0.25, -0.2) is 4.79 Å². The number of aromatic nitrogens is 1. The molecule has 0 saturated heterocycles. The third-order valence-corrected chi connectivity index (χ3v) is 3.22. The quantitative estimate of drug-likeness (QED) is 0.920. The number of halogens is 1. The second-order valence-electron chi connectivity index (χ2n) is 3.91. The van der Waals surface area contributed by atoms with Gasteiger partial charge in [0.05, 0.1) is 5.56 Å². The van der Waals surface area contributed by atoms with Crippen LogP contribution in [0.3, 0.4) is 0 Å². The van der Waals surface area contributed by atoms with Crippen molar-refractivity contribution < 1.29 is 9.90 Å². The molecule has 17 heavy (non-hydrogen) atoms. The lowest BCUT2D eigenvalue weighted by molar-refractivity contribution is 0.0696. The Balaban J connectivity index is 2.64. The fraction of sp³-hybridized carbons (Fsp3) is 0.154. The number of rotatable bonds is 2. The molecule has 0 aliphatic heterocycles. The summed E-state index contributed by atoms with van der Waals surface area (Å²) in [6.45, 7) is 3.72. The van der Waals surface area contributed by atoms with Gasteiger partial charge in [-0.15, -0.1) is 0 Å². The molecule has 1 N–H and O–H groups in total. The van der Waals surface area contributed by atoms with E-state index < -0.39 is 5.97 Å². The lowest BCUT2D eigenvalue weighted by atomic mass is 10.2. The summed E-state index contributed by atoms with van der Waals surface area (Å²) in [5.41, 5.74) is 2.97. The van der Waals surface area contributed by atoms with E-state index in [9.17, 15) is 4.79 Å². The van der Waals surface area contributed by atoms with Gasteiger partial charge in [-0.1, -0.05) is 22.0 Å². The lowest BCUT2D eigenvalue weighted by Gasteiger charge is -2.09. The summed E-state index contributed by atoms with van der Waals surface area (Å²) in [7, 11) is 0. The number of benzene rings is 1. The number of aromatic carboxylic acids is 1. The van der Waals surface area contributed by atoms with Crippen LogP contribution in [-0.4, -0.2) is 15.6 Å². The fourth-order valence-electron chi connectivity index (χ4n) is 1.99. The molecule has 0 radical (unpaired) electrons. The van der Waals surface area contributed by atoms with Gasteiger partial charge in [-0.2, -0.15) is 0 Å². The van der Waals surface area contributed by atoms with Crippen LogP contribution in [0.5, 0.6) is 0 Å². The smallest absolute Gasteiger partial charge is 0.337 e. The van der Waals surface area contributed by atoms with Crippen LogP contribution in [0.25, 0.3) is 5.69 Å². The van der Waals surface area contributed by atoms with E-state index in [1.807, 2.05) is 42.7 Å². The molecule has 0 bridgehead atoms. The van der Waals surface area contributed by atoms with Crippen LogP contribution in [0.2, 0.25) is 0 Å². The summed E-state index contributed by atoms with van der Waals surface area (Å²) in [6.07, 6.45) is 0. The number of hydrogen-bond donors (Lipinski definition) is 1. The number of aryl methyl sites for hydroxylation is 1. The van der Waals surface area contributed by atoms with Crippen LogP contribution in [0.4, 0.5) is 0 Å². The van der Waals surface area contributed by atoms with Crippen LogP contribution in [0.1, 0.15) is 21.7 Å². The van der Waals surface area contributed by atoms with Crippen molar-refractivity contribution in [3.8, 4) is 5.69 Å². The molecule has 0 saturated carbocycles. The zero-order valence-corrected chi connectivity index (χ0v) is 11.2. The van der Waals surface area contributed by atoms with Crippen molar-refractivity contribution in [1.29, 1.82) is 0 Å². The second-order valence-corrected chi connectivity index (χ2v) is 4.82. The Morgan fingerprint density at radius 1 is 1.29 bits per heavy atom. The Morgan fingerprint density at radius 3 is 2.53 bits per heavy atom. The summed E-state index contributed by atoms with van der Waals surface area (Å²) in [6, 6.07) is 9.48. The molecule has 0 aliphatic rings. The second kappa shape index (κ2) is 4.37. The molecule has 1 aromatic carbocycles. The summed E-state index contributed by atoms with van der Waals surface area (Å²) in [5.74, 6) is -0.889. The zero-order chi connectivity index (χ0) is 12.6. The maximum atomic E-state index is 11.1. The van der Waals surface area contributed by atoms with E-state index in [2.05, 4.69) is 15.9 Å². The average Bonchev–Trinajstić information content (AvgIpc) is 2.54. The minimum atomic E-state index is -0.889. The van der Waals surface area contributed by atoms with Crippen LogP contribution >= 0.6 is 15.9 Å². The number of carboxylic acid groups (broad SMARTS) is 1. The van der Waals surface area contributed by atoms with E-state index in [-0.39, 0.29) is 0 Å². The van der Waals surface area contributed by atoms with E-state index in [0.717, 1.165) is 21.5 Å². The molecule has 0 amide bonds. The first-order valence-electron chi connectivity index (χ1n) is 5.19. The molecule has 1 heterocycles. The summed E-state index contributed by atoms with van der Waals surface area (Å²) in [5, 5.41) is 9.08. The van der Waals surface area contributed by atoms with Crippen LogP contribution in [0.15, 0.2) is 34.8 Å².